The predicted molar refractivity (Wildman–Crippen MR) is 70.8 cm³/mol. The van der Waals surface area contributed by atoms with Gasteiger partial charge in [-0.3, -0.25) is 4.79 Å². The number of aromatic nitrogens is 2. The summed E-state index contributed by atoms with van der Waals surface area (Å²) in [5.74, 6) is 5.48. The van der Waals surface area contributed by atoms with Crippen LogP contribution in [0.2, 0.25) is 0 Å². The van der Waals surface area contributed by atoms with Gasteiger partial charge in [0.15, 0.2) is 0 Å². The largest absolute Gasteiger partial charge is 0.345 e. The van der Waals surface area contributed by atoms with Crippen LogP contribution in [0.15, 0.2) is 30.6 Å². The maximum atomic E-state index is 11.5. The van der Waals surface area contributed by atoms with Crippen molar-refractivity contribution in [3.05, 3.63) is 36.2 Å². The number of benzene rings is 1. The molecule has 2 rings (SSSR count). The zero-order valence-electron chi connectivity index (χ0n) is 10.2. The van der Waals surface area contributed by atoms with Crippen molar-refractivity contribution in [2.24, 2.45) is 0 Å². The molecule has 4 heteroatoms. The van der Waals surface area contributed by atoms with Gasteiger partial charge in [0.05, 0.1) is 0 Å². The SMILES string of the molecule is CC#CC(=O)Nc1cc(-c2ncc[nH]2)ccc1C. The molecule has 18 heavy (non-hydrogen) atoms. The highest BCUT2D eigenvalue weighted by molar-refractivity contribution is 6.04. The second kappa shape index (κ2) is 5.19. The minimum atomic E-state index is -0.308. The van der Waals surface area contributed by atoms with Crippen molar-refractivity contribution in [3.63, 3.8) is 0 Å². The maximum absolute atomic E-state index is 11.5. The molecule has 2 aromatic rings. The van der Waals surface area contributed by atoms with Gasteiger partial charge >= 0.3 is 0 Å². The van der Waals surface area contributed by atoms with E-state index in [1.54, 1.807) is 19.3 Å². The zero-order valence-corrected chi connectivity index (χ0v) is 10.2. The minimum Gasteiger partial charge on any atom is -0.345 e. The van der Waals surface area contributed by atoms with Gasteiger partial charge in [-0.15, -0.1) is 0 Å². The van der Waals surface area contributed by atoms with Crippen LogP contribution >= 0.6 is 0 Å². The molecule has 0 radical (unpaired) electrons. The van der Waals surface area contributed by atoms with Crippen LogP contribution in [0.1, 0.15) is 12.5 Å². The fourth-order valence-electron chi connectivity index (χ4n) is 1.59. The van der Waals surface area contributed by atoms with Crippen LogP contribution in [-0.2, 0) is 4.79 Å². The van der Waals surface area contributed by atoms with Gasteiger partial charge < -0.3 is 10.3 Å². The van der Waals surface area contributed by atoms with E-state index in [9.17, 15) is 4.79 Å². The molecule has 90 valence electrons. The van der Waals surface area contributed by atoms with Crippen LogP contribution in [-0.4, -0.2) is 15.9 Å². The third-order valence-electron chi connectivity index (χ3n) is 2.50. The molecule has 1 heterocycles. The quantitative estimate of drug-likeness (QED) is 0.790. The molecule has 2 N–H and O–H groups in total. The van der Waals surface area contributed by atoms with Crippen LogP contribution in [0, 0.1) is 18.8 Å². The Kier molecular flexibility index (Phi) is 3.44. The Hall–Kier alpha value is -2.54. The molecule has 0 fully saturated rings. The van der Waals surface area contributed by atoms with Crippen molar-refractivity contribution in [3.8, 4) is 23.2 Å². The average molecular weight is 239 g/mol. The predicted octanol–water partition coefficient (Wildman–Crippen LogP) is 2.35. The average Bonchev–Trinajstić information content (AvgIpc) is 2.86. The molecule has 0 unspecified atom stereocenters. The van der Waals surface area contributed by atoms with Crippen molar-refractivity contribution in [1.29, 1.82) is 0 Å². The standard InChI is InChI=1S/C14H13N3O/c1-3-4-13(18)17-12-9-11(6-5-10(12)2)14-15-7-8-16-14/h5-9H,1-2H3,(H,15,16)(H,17,18). The molecule has 0 aliphatic rings. The summed E-state index contributed by atoms with van der Waals surface area (Å²) in [6.07, 6.45) is 3.45. The lowest BCUT2D eigenvalue weighted by molar-refractivity contribution is -0.111. The highest BCUT2D eigenvalue weighted by atomic mass is 16.1. The number of nitrogens with one attached hydrogen (secondary N) is 2. The molecule has 0 saturated carbocycles. The number of hydrogen-bond donors (Lipinski definition) is 2. The lowest BCUT2D eigenvalue weighted by atomic mass is 10.1. The van der Waals surface area contributed by atoms with E-state index in [4.69, 9.17) is 0 Å². The third kappa shape index (κ3) is 2.58. The van der Waals surface area contributed by atoms with Crippen LogP contribution in [0.3, 0.4) is 0 Å². The molecular formula is C14H13N3O. The molecule has 4 nitrogen and oxygen atoms in total. The molecule has 0 saturated heterocycles. The maximum Gasteiger partial charge on any atom is 0.300 e. The van der Waals surface area contributed by atoms with Gasteiger partial charge in [-0.1, -0.05) is 18.1 Å². The van der Waals surface area contributed by atoms with Gasteiger partial charge in [-0.2, -0.15) is 0 Å². The summed E-state index contributed by atoms with van der Waals surface area (Å²) in [6.45, 7) is 3.56. The van der Waals surface area contributed by atoms with Gasteiger partial charge in [-0.25, -0.2) is 4.98 Å². The summed E-state index contributed by atoms with van der Waals surface area (Å²) >= 11 is 0. The topological polar surface area (TPSA) is 57.8 Å². The van der Waals surface area contributed by atoms with Crippen LogP contribution in [0.5, 0.6) is 0 Å². The van der Waals surface area contributed by atoms with Crippen molar-refractivity contribution >= 4 is 11.6 Å². The van der Waals surface area contributed by atoms with Gasteiger partial charge in [0, 0.05) is 23.6 Å². The number of amides is 1. The van der Waals surface area contributed by atoms with E-state index in [0.29, 0.717) is 0 Å². The molecule has 0 aliphatic carbocycles. The summed E-state index contributed by atoms with van der Waals surface area (Å²) in [4.78, 5) is 18.7. The normalized spacial score (nSPS) is 9.44. The van der Waals surface area contributed by atoms with Crippen molar-refractivity contribution in [2.45, 2.75) is 13.8 Å². The Bertz CT molecular complexity index is 618. The molecule has 0 spiro atoms. The number of hydrogen-bond acceptors (Lipinski definition) is 2. The number of aryl methyl sites for hydroxylation is 1. The summed E-state index contributed by atoms with van der Waals surface area (Å²) in [6, 6.07) is 5.77. The number of carbonyl (C=O) groups excluding carboxylic acids is 1. The van der Waals surface area contributed by atoms with Crippen molar-refractivity contribution in [1.82, 2.24) is 9.97 Å². The molecule has 1 amide bonds. The van der Waals surface area contributed by atoms with E-state index >= 15 is 0 Å². The first-order valence-electron chi connectivity index (χ1n) is 5.55. The first-order chi connectivity index (χ1) is 8.70. The number of nitrogens with zero attached hydrogens (tertiary/aromatic N) is 1. The zero-order chi connectivity index (χ0) is 13.0. The highest BCUT2D eigenvalue weighted by Crippen LogP contribution is 2.22. The Balaban J connectivity index is 2.32. The number of rotatable bonds is 2. The molecule has 0 bridgehead atoms. The first-order valence-corrected chi connectivity index (χ1v) is 5.55. The Morgan fingerprint density at radius 2 is 2.28 bits per heavy atom. The summed E-state index contributed by atoms with van der Waals surface area (Å²) in [5.41, 5.74) is 2.65. The van der Waals surface area contributed by atoms with Crippen LogP contribution in [0.25, 0.3) is 11.4 Å². The second-order valence-electron chi connectivity index (χ2n) is 3.80. The van der Waals surface area contributed by atoms with Crippen molar-refractivity contribution < 1.29 is 4.79 Å². The molecule has 1 aromatic carbocycles. The van der Waals surface area contributed by atoms with E-state index in [-0.39, 0.29) is 5.91 Å². The molecule has 0 atom stereocenters. The summed E-state index contributed by atoms with van der Waals surface area (Å²) in [5, 5.41) is 2.76. The van der Waals surface area contributed by atoms with Gasteiger partial charge in [0.2, 0.25) is 0 Å². The number of aromatic amines is 1. The fourth-order valence-corrected chi connectivity index (χ4v) is 1.59. The fraction of sp³-hybridized carbons (Fsp3) is 0.143. The Morgan fingerprint density at radius 3 is 2.94 bits per heavy atom. The summed E-state index contributed by atoms with van der Waals surface area (Å²) in [7, 11) is 0. The van der Waals surface area contributed by atoms with Gasteiger partial charge in [0.1, 0.15) is 5.82 Å². The van der Waals surface area contributed by atoms with E-state index in [1.807, 2.05) is 25.1 Å². The molecular weight excluding hydrogens is 226 g/mol. The number of anilines is 1. The monoisotopic (exact) mass is 239 g/mol. The molecule has 0 aliphatic heterocycles. The smallest absolute Gasteiger partial charge is 0.300 e. The highest BCUT2D eigenvalue weighted by Gasteiger charge is 2.06. The number of H-pyrrole nitrogens is 1. The lowest BCUT2D eigenvalue weighted by Crippen LogP contribution is -2.09. The third-order valence-corrected chi connectivity index (χ3v) is 2.50. The minimum absolute atomic E-state index is 0.308. The van der Waals surface area contributed by atoms with E-state index in [0.717, 1.165) is 22.6 Å². The van der Waals surface area contributed by atoms with Crippen LogP contribution in [0.4, 0.5) is 5.69 Å². The molecule has 1 aromatic heterocycles. The van der Waals surface area contributed by atoms with Gasteiger partial charge in [-0.05, 0) is 31.4 Å². The van der Waals surface area contributed by atoms with Crippen LogP contribution < -0.4 is 5.32 Å². The lowest BCUT2D eigenvalue weighted by Gasteiger charge is -2.07. The van der Waals surface area contributed by atoms with Crippen molar-refractivity contribution in [2.75, 3.05) is 5.32 Å². The first kappa shape index (κ1) is 11.9. The summed E-state index contributed by atoms with van der Waals surface area (Å²) < 4.78 is 0. The van der Waals surface area contributed by atoms with E-state index in [2.05, 4.69) is 27.1 Å². The van der Waals surface area contributed by atoms with Gasteiger partial charge in [0.25, 0.3) is 5.91 Å². The number of carbonyl (C=O) groups is 1. The second-order valence-corrected chi connectivity index (χ2v) is 3.80. The Labute approximate surface area is 105 Å². The Morgan fingerprint density at radius 1 is 1.44 bits per heavy atom. The van der Waals surface area contributed by atoms with E-state index in [1.165, 1.54) is 0 Å². The number of imidazole rings is 1. The van der Waals surface area contributed by atoms with E-state index < -0.39 is 0 Å².